The summed E-state index contributed by atoms with van der Waals surface area (Å²) in [6.07, 6.45) is 0.698. The van der Waals surface area contributed by atoms with Gasteiger partial charge in [0.1, 0.15) is 5.75 Å². The van der Waals surface area contributed by atoms with E-state index in [9.17, 15) is 9.59 Å². The van der Waals surface area contributed by atoms with Crippen LogP contribution in [-0.4, -0.2) is 18.0 Å². The van der Waals surface area contributed by atoms with E-state index in [1.165, 1.54) is 6.07 Å². The average molecular weight is 233 g/mol. The Kier molecular flexibility index (Phi) is 3.78. The van der Waals surface area contributed by atoms with Crippen LogP contribution in [0.15, 0.2) is 24.3 Å². The van der Waals surface area contributed by atoms with Crippen molar-refractivity contribution in [3.05, 3.63) is 29.8 Å². The van der Waals surface area contributed by atoms with Crippen molar-refractivity contribution in [1.82, 2.24) is 0 Å². The van der Waals surface area contributed by atoms with Crippen LogP contribution in [0.4, 0.5) is 0 Å². The van der Waals surface area contributed by atoms with Gasteiger partial charge in [-0.25, -0.2) is 0 Å². The number of Topliss-reactive ketones (excluding diaryl/α,β-unsaturated/α-hetero) is 1. The van der Waals surface area contributed by atoms with Crippen molar-refractivity contribution < 1.29 is 14.3 Å². The number of nitrogens with one attached hydrogen (secondary N) is 1. The molecular formula is C13H15NO3. The van der Waals surface area contributed by atoms with E-state index in [0.717, 1.165) is 0 Å². The summed E-state index contributed by atoms with van der Waals surface area (Å²) in [6, 6.07) is 6.40. The molecule has 0 aliphatic rings. The van der Waals surface area contributed by atoms with Crippen molar-refractivity contribution in [3.8, 4) is 5.75 Å². The number of hydrogen-bond acceptors (Lipinski definition) is 4. The summed E-state index contributed by atoms with van der Waals surface area (Å²) >= 11 is 0. The molecule has 0 amide bonds. The Bertz CT molecular complexity index is 458. The first kappa shape index (κ1) is 13.1. The van der Waals surface area contributed by atoms with Gasteiger partial charge < -0.3 is 10.1 Å². The first-order chi connectivity index (χ1) is 7.86. The van der Waals surface area contributed by atoms with Crippen LogP contribution in [0.1, 0.15) is 31.1 Å². The summed E-state index contributed by atoms with van der Waals surface area (Å²) in [6.45, 7) is 5.20. The van der Waals surface area contributed by atoms with Crippen molar-refractivity contribution in [2.24, 2.45) is 5.41 Å². The molecule has 0 unspecified atom stereocenters. The number of esters is 1. The molecule has 1 N–H and O–H groups in total. The second-order valence-corrected chi connectivity index (χ2v) is 4.64. The maximum atomic E-state index is 11.7. The minimum atomic E-state index is -0.638. The van der Waals surface area contributed by atoms with E-state index in [1.807, 2.05) is 0 Å². The lowest BCUT2D eigenvalue weighted by Gasteiger charge is -2.17. The minimum Gasteiger partial charge on any atom is -0.425 e. The van der Waals surface area contributed by atoms with Crippen LogP contribution in [0.3, 0.4) is 0 Å². The third kappa shape index (κ3) is 3.24. The van der Waals surface area contributed by atoms with Crippen LogP contribution in [0, 0.1) is 10.8 Å². The predicted octanol–water partition coefficient (Wildman–Crippen LogP) is 2.47. The molecule has 1 aromatic rings. The molecule has 1 aromatic carbocycles. The molecule has 0 radical (unpaired) electrons. The van der Waals surface area contributed by atoms with E-state index in [1.54, 1.807) is 39.0 Å². The Morgan fingerprint density at radius 2 is 1.82 bits per heavy atom. The van der Waals surface area contributed by atoms with Gasteiger partial charge in [0.2, 0.25) is 5.78 Å². The Morgan fingerprint density at radius 1 is 1.24 bits per heavy atom. The van der Waals surface area contributed by atoms with Gasteiger partial charge in [-0.2, -0.15) is 0 Å². The molecule has 0 aromatic heterocycles. The van der Waals surface area contributed by atoms with Gasteiger partial charge in [0.15, 0.2) is 0 Å². The Labute approximate surface area is 100 Å². The number of rotatable bonds is 3. The lowest BCUT2D eigenvalue weighted by Crippen LogP contribution is -2.26. The number of carbonyl (C=O) groups excluding carboxylic acids is 2. The van der Waals surface area contributed by atoms with Gasteiger partial charge in [0, 0.05) is 0 Å². The lowest BCUT2D eigenvalue weighted by molar-refractivity contribution is -0.143. The normalized spacial score (nSPS) is 10.8. The van der Waals surface area contributed by atoms with Gasteiger partial charge in [-0.3, -0.25) is 9.59 Å². The maximum absolute atomic E-state index is 11.7. The topological polar surface area (TPSA) is 67.2 Å². The third-order valence-electron chi connectivity index (χ3n) is 2.10. The van der Waals surface area contributed by atoms with Gasteiger partial charge in [-0.15, -0.1) is 0 Å². The molecule has 90 valence electrons. The number of hydrogen-bond donors (Lipinski definition) is 1. The largest absolute Gasteiger partial charge is 0.425 e. The zero-order valence-corrected chi connectivity index (χ0v) is 10.1. The second kappa shape index (κ2) is 4.91. The van der Waals surface area contributed by atoms with Crippen molar-refractivity contribution in [3.63, 3.8) is 0 Å². The van der Waals surface area contributed by atoms with Gasteiger partial charge >= 0.3 is 5.97 Å². The predicted molar refractivity (Wildman–Crippen MR) is 64.6 cm³/mol. The fourth-order valence-electron chi connectivity index (χ4n) is 1.09. The Hall–Kier alpha value is -1.97. The van der Waals surface area contributed by atoms with Crippen LogP contribution >= 0.6 is 0 Å². The Balaban J connectivity index is 3.03. The average Bonchev–Trinajstić information content (AvgIpc) is 2.27. The highest BCUT2D eigenvalue weighted by molar-refractivity contribution is 6.35. The van der Waals surface area contributed by atoms with Crippen molar-refractivity contribution in [2.45, 2.75) is 20.8 Å². The van der Waals surface area contributed by atoms with Gasteiger partial charge in [0.25, 0.3) is 0 Å². The minimum absolute atomic E-state index is 0.195. The fraction of sp³-hybridized carbons (Fsp3) is 0.308. The highest BCUT2D eigenvalue weighted by Gasteiger charge is 2.25. The molecule has 0 aliphatic heterocycles. The SMILES string of the molecule is CC(C)(C)C(=O)Oc1ccccc1C(=O)C=N. The Morgan fingerprint density at radius 3 is 2.35 bits per heavy atom. The van der Waals surface area contributed by atoms with E-state index in [4.69, 9.17) is 10.1 Å². The zero-order chi connectivity index (χ0) is 13.1. The molecule has 0 fully saturated rings. The molecule has 0 saturated carbocycles. The first-order valence-electron chi connectivity index (χ1n) is 5.22. The molecule has 0 bridgehead atoms. The quantitative estimate of drug-likeness (QED) is 0.377. The molecule has 0 spiro atoms. The molecular weight excluding hydrogens is 218 g/mol. The standard InChI is InChI=1S/C13H15NO3/c1-13(2,3)12(16)17-11-7-5-4-6-9(11)10(15)8-14/h4-8,14H,1-3H3. The molecule has 4 heteroatoms. The van der Waals surface area contributed by atoms with Crippen LogP contribution < -0.4 is 4.74 Å². The first-order valence-corrected chi connectivity index (χ1v) is 5.22. The van der Waals surface area contributed by atoms with Crippen LogP contribution in [0.25, 0.3) is 0 Å². The van der Waals surface area contributed by atoms with E-state index < -0.39 is 17.2 Å². The summed E-state index contributed by atoms with van der Waals surface area (Å²) in [5.41, 5.74) is -0.416. The lowest BCUT2D eigenvalue weighted by atomic mass is 9.97. The van der Waals surface area contributed by atoms with Gasteiger partial charge in [-0.05, 0) is 32.9 Å². The van der Waals surface area contributed by atoms with Gasteiger partial charge in [0.05, 0.1) is 17.2 Å². The van der Waals surface area contributed by atoms with Crippen LogP contribution in [-0.2, 0) is 4.79 Å². The number of carbonyl (C=O) groups is 2. The molecule has 0 heterocycles. The van der Waals surface area contributed by atoms with Crippen molar-refractivity contribution >= 4 is 18.0 Å². The monoisotopic (exact) mass is 233 g/mol. The van der Waals surface area contributed by atoms with Crippen molar-refractivity contribution in [2.75, 3.05) is 0 Å². The summed E-state index contributed by atoms with van der Waals surface area (Å²) in [7, 11) is 0. The summed E-state index contributed by atoms with van der Waals surface area (Å²) in [5.74, 6) is -0.703. The fourth-order valence-corrected chi connectivity index (χ4v) is 1.09. The number of ketones is 1. The van der Waals surface area contributed by atoms with Crippen LogP contribution in [0.5, 0.6) is 5.75 Å². The number of ether oxygens (including phenoxy) is 1. The third-order valence-corrected chi connectivity index (χ3v) is 2.10. The summed E-state index contributed by atoms with van der Waals surface area (Å²) in [5, 5.41) is 6.93. The molecule has 0 aliphatic carbocycles. The van der Waals surface area contributed by atoms with E-state index in [-0.39, 0.29) is 11.3 Å². The second-order valence-electron chi connectivity index (χ2n) is 4.64. The number of benzene rings is 1. The maximum Gasteiger partial charge on any atom is 0.316 e. The van der Waals surface area contributed by atoms with Crippen molar-refractivity contribution in [1.29, 1.82) is 5.41 Å². The zero-order valence-electron chi connectivity index (χ0n) is 10.1. The summed E-state index contributed by atoms with van der Waals surface area (Å²) in [4.78, 5) is 23.1. The number of para-hydroxylation sites is 1. The smallest absolute Gasteiger partial charge is 0.316 e. The van der Waals surface area contributed by atoms with E-state index in [0.29, 0.717) is 6.21 Å². The highest BCUT2D eigenvalue weighted by atomic mass is 16.5. The molecule has 17 heavy (non-hydrogen) atoms. The van der Waals surface area contributed by atoms with E-state index >= 15 is 0 Å². The molecule has 0 atom stereocenters. The summed E-state index contributed by atoms with van der Waals surface area (Å²) < 4.78 is 5.17. The molecule has 1 rings (SSSR count). The highest BCUT2D eigenvalue weighted by Crippen LogP contribution is 2.22. The molecule has 0 saturated heterocycles. The molecule has 4 nitrogen and oxygen atoms in total. The van der Waals surface area contributed by atoms with Gasteiger partial charge in [-0.1, -0.05) is 12.1 Å². The van der Waals surface area contributed by atoms with E-state index in [2.05, 4.69) is 0 Å². The van der Waals surface area contributed by atoms with Crippen LogP contribution in [0.2, 0.25) is 0 Å².